The SMILES string of the molecule is CC(C)(C)c1ccccc1-c1cc2ccccc2o1. The van der Waals surface area contributed by atoms with Crippen LogP contribution in [0.25, 0.3) is 22.3 Å². The molecule has 96 valence electrons. The van der Waals surface area contributed by atoms with E-state index in [4.69, 9.17) is 4.42 Å². The van der Waals surface area contributed by atoms with Crippen molar-refractivity contribution in [2.24, 2.45) is 0 Å². The first-order chi connectivity index (χ1) is 9.05. The Labute approximate surface area is 113 Å². The average Bonchev–Trinajstić information content (AvgIpc) is 2.81. The van der Waals surface area contributed by atoms with Crippen molar-refractivity contribution in [3.05, 3.63) is 60.2 Å². The highest BCUT2D eigenvalue weighted by Gasteiger charge is 2.19. The third kappa shape index (κ3) is 2.17. The Balaban J connectivity index is 2.22. The first kappa shape index (κ1) is 12.0. The molecule has 0 unspecified atom stereocenters. The summed E-state index contributed by atoms with van der Waals surface area (Å²) < 4.78 is 5.99. The van der Waals surface area contributed by atoms with E-state index in [1.807, 2.05) is 18.2 Å². The molecular formula is C18H18O. The van der Waals surface area contributed by atoms with Crippen LogP contribution in [0.3, 0.4) is 0 Å². The monoisotopic (exact) mass is 250 g/mol. The lowest BCUT2D eigenvalue weighted by molar-refractivity contribution is 0.583. The predicted octanol–water partition coefficient (Wildman–Crippen LogP) is 5.40. The fraction of sp³-hybridized carbons (Fsp3) is 0.222. The van der Waals surface area contributed by atoms with E-state index < -0.39 is 0 Å². The normalized spacial score (nSPS) is 11.9. The molecule has 1 nitrogen and oxygen atoms in total. The number of benzene rings is 2. The minimum Gasteiger partial charge on any atom is -0.456 e. The lowest BCUT2D eigenvalue weighted by Crippen LogP contribution is -2.12. The molecule has 0 radical (unpaired) electrons. The molecule has 0 aliphatic carbocycles. The summed E-state index contributed by atoms with van der Waals surface area (Å²) in [4.78, 5) is 0. The molecule has 0 fully saturated rings. The molecular weight excluding hydrogens is 232 g/mol. The summed E-state index contributed by atoms with van der Waals surface area (Å²) in [5.74, 6) is 0.951. The van der Waals surface area contributed by atoms with Crippen LogP contribution in [0.4, 0.5) is 0 Å². The van der Waals surface area contributed by atoms with Crippen LogP contribution in [0.2, 0.25) is 0 Å². The van der Waals surface area contributed by atoms with Gasteiger partial charge in [0.15, 0.2) is 0 Å². The Morgan fingerprint density at radius 3 is 2.26 bits per heavy atom. The first-order valence-electron chi connectivity index (χ1n) is 6.64. The van der Waals surface area contributed by atoms with Gasteiger partial charge in [0.25, 0.3) is 0 Å². The highest BCUT2D eigenvalue weighted by molar-refractivity contribution is 5.83. The van der Waals surface area contributed by atoms with Crippen LogP contribution >= 0.6 is 0 Å². The number of fused-ring (bicyclic) bond motifs is 1. The van der Waals surface area contributed by atoms with E-state index in [2.05, 4.69) is 57.2 Å². The summed E-state index contributed by atoms with van der Waals surface area (Å²) in [5, 5.41) is 1.15. The number of hydrogen-bond acceptors (Lipinski definition) is 1. The number of para-hydroxylation sites is 1. The van der Waals surface area contributed by atoms with Crippen LogP contribution in [-0.4, -0.2) is 0 Å². The van der Waals surface area contributed by atoms with E-state index in [1.165, 1.54) is 11.1 Å². The molecule has 0 aliphatic heterocycles. The second-order valence-electron chi connectivity index (χ2n) is 5.94. The zero-order valence-electron chi connectivity index (χ0n) is 11.6. The van der Waals surface area contributed by atoms with Crippen LogP contribution < -0.4 is 0 Å². The van der Waals surface area contributed by atoms with Crippen LogP contribution in [0, 0.1) is 0 Å². The van der Waals surface area contributed by atoms with Crippen LogP contribution in [0.1, 0.15) is 26.3 Å². The second-order valence-corrected chi connectivity index (χ2v) is 5.94. The molecule has 0 saturated carbocycles. The van der Waals surface area contributed by atoms with Gasteiger partial charge in [0, 0.05) is 10.9 Å². The molecule has 0 atom stereocenters. The van der Waals surface area contributed by atoms with E-state index in [0.29, 0.717) is 0 Å². The fourth-order valence-corrected chi connectivity index (χ4v) is 2.47. The Morgan fingerprint density at radius 1 is 0.842 bits per heavy atom. The maximum absolute atomic E-state index is 5.99. The molecule has 19 heavy (non-hydrogen) atoms. The van der Waals surface area contributed by atoms with Gasteiger partial charge in [-0.25, -0.2) is 0 Å². The summed E-state index contributed by atoms with van der Waals surface area (Å²) in [6.45, 7) is 6.69. The Kier molecular flexibility index (Phi) is 2.70. The minimum absolute atomic E-state index is 0.107. The van der Waals surface area contributed by atoms with Gasteiger partial charge < -0.3 is 4.42 Å². The molecule has 3 rings (SSSR count). The van der Waals surface area contributed by atoms with Crippen molar-refractivity contribution in [3.8, 4) is 11.3 Å². The summed E-state index contributed by atoms with van der Waals surface area (Å²) in [5.41, 5.74) is 3.55. The summed E-state index contributed by atoms with van der Waals surface area (Å²) in [7, 11) is 0. The molecule has 0 amide bonds. The number of furan rings is 1. The average molecular weight is 250 g/mol. The van der Waals surface area contributed by atoms with Crippen LogP contribution in [0.5, 0.6) is 0 Å². The quantitative estimate of drug-likeness (QED) is 0.563. The zero-order chi connectivity index (χ0) is 13.5. The molecule has 0 aliphatic rings. The molecule has 0 spiro atoms. The minimum atomic E-state index is 0.107. The van der Waals surface area contributed by atoms with E-state index in [1.54, 1.807) is 0 Å². The van der Waals surface area contributed by atoms with Gasteiger partial charge in [-0.1, -0.05) is 63.2 Å². The third-order valence-electron chi connectivity index (χ3n) is 3.43. The molecule has 3 aromatic rings. The molecule has 0 N–H and O–H groups in total. The van der Waals surface area contributed by atoms with Gasteiger partial charge in [0.1, 0.15) is 11.3 Å². The van der Waals surface area contributed by atoms with Crippen molar-refractivity contribution in [2.75, 3.05) is 0 Å². The lowest BCUT2D eigenvalue weighted by Gasteiger charge is -2.21. The third-order valence-corrected chi connectivity index (χ3v) is 3.43. The number of hydrogen-bond donors (Lipinski definition) is 0. The van der Waals surface area contributed by atoms with E-state index in [9.17, 15) is 0 Å². The highest BCUT2D eigenvalue weighted by Crippen LogP contribution is 2.35. The molecule has 0 bridgehead atoms. The summed E-state index contributed by atoms with van der Waals surface area (Å²) in [6, 6.07) is 18.7. The molecule has 1 heterocycles. The van der Waals surface area contributed by atoms with Crippen molar-refractivity contribution >= 4 is 11.0 Å². The topological polar surface area (TPSA) is 13.1 Å². The van der Waals surface area contributed by atoms with Crippen molar-refractivity contribution < 1.29 is 4.42 Å². The van der Waals surface area contributed by atoms with Gasteiger partial charge in [0.05, 0.1) is 0 Å². The van der Waals surface area contributed by atoms with Gasteiger partial charge in [-0.3, -0.25) is 0 Å². The van der Waals surface area contributed by atoms with Gasteiger partial charge in [-0.05, 0) is 23.1 Å². The van der Waals surface area contributed by atoms with Gasteiger partial charge in [-0.15, -0.1) is 0 Å². The zero-order valence-corrected chi connectivity index (χ0v) is 11.6. The van der Waals surface area contributed by atoms with E-state index in [0.717, 1.165) is 16.7 Å². The van der Waals surface area contributed by atoms with Gasteiger partial charge >= 0.3 is 0 Å². The Hall–Kier alpha value is -2.02. The van der Waals surface area contributed by atoms with Crippen molar-refractivity contribution in [2.45, 2.75) is 26.2 Å². The largest absolute Gasteiger partial charge is 0.456 e. The molecule has 2 aromatic carbocycles. The summed E-state index contributed by atoms with van der Waals surface area (Å²) in [6.07, 6.45) is 0. The summed E-state index contributed by atoms with van der Waals surface area (Å²) >= 11 is 0. The standard InChI is InChI=1S/C18H18O/c1-18(2,3)15-10-6-5-9-14(15)17-12-13-8-4-7-11-16(13)19-17/h4-12H,1-3H3. The Bertz CT molecular complexity index is 681. The van der Waals surface area contributed by atoms with Crippen LogP contribution in [0.15, 0.2) is 59.0 Å². The lowest BCUT2D eigenvalue weighted by atomic mass is 9.83. The van der Waals surface area contributed by atoms with Crippen molar-refractivity contribution in [1.82, 2.24) is 0 Å². The van der Waals surface area contributed by atoms with Gasteiger partial charge in [-0.2, -0.15) is 0 Å². The van der Waals surface area contributed by atoms with Gasteiger partial charge in [0.2, 0.25) is 0 Å². The second kappa shape index (κ2) is 4.27. The molecule has 1 aromatic heterocycles. The Morgan fingerprint density at radius 2 is 1.53 bits per heavy atom. The highest BCUT2D eigenvalue weighted by atomic mass is 16.3. The predicted molar refractivity (Wildman–Crippen MR) is 80.4 cm³/mol. The first-order valence-corrected chi connectivity index (χ1v) is 6.64. The van der Waals surface area contributed by atoms with Crippen molar-refractivity contribution in [3.63, 3.8) is 0 Å². The van der Waals surface area contributed by atoms with E-state index in [-0.39, 0.29) is 5.41 Å². The van der Waals surface area contributed by atoms with Crippen molar-refractivity contribution in [1.29, 1.82) is 0 Å². The molecule has 1 heteroatoms. The maximum atomic E-state index is 5.99. The number of rotatable bonds is 1. The van der Waals surface area contributed by atoms with E-state index >= 15 is 0 Å². The molecule has 0 saturated heterocycles. The maximum Gasteiger partial charge on any atom is 0.135 e. The smallest absolute Gasteiger partial charge is 0.135 e. The fourth-order valence-electron chi connectivity index (χ4n) is 2.47. The van der Waals surface area contributed by atoms with Crippen LogP contribution in [-0.2, 0) is 5.41 Å².